The van der Waals surface area contributed by atoms with Crippen molar-refractivity contribution >= 4 is 22.7 Å². The van der Waals surface area contributed by atoms with Crippen LogP contribution < -0.4 is 10.1 Å². The number of fused-ring (bicyclic) bond motifs is 1. The molecule has 1 N–H and O–H groups in total. The maximum absolute atomic E-state index is 16.1. The van der Waals surface area contributed by atoms with Crippen LogP contribution in [0.2, 0.25) is 0 Å². The fourth-order valence-electron chi connectivity index (χ4n) is 4.59. The molecule has 1 atom stereocenters. The Bertz CT molecular complexity index is 1370. The van der Waals surface area contributed by atoms with Gasteiger partial charge in [-0.05, 0) is 46.8 Å². The smallest absolute Gasteiger partial charge is 0.410 e. The van der Waals surface area contributed by atoms with Crippen LogP contribution >= 0.6 is 0 Å². The van der Waals surface area contributed by atoms with Crippen molar-refractivity contribution in [2.24, 2.45) is 0 Å². The van der Waals surface area contributed by atoms with Crippen molar-refractivity contribution in [3.8, 4) is 5.75 Å². The Balaban J connectivity index is 1.69. The van der Waals surface area contributed by atoms with Crippen LogP contribution in [0.25, 0.3) is 10.9 Å². The van der Waals surface area contributed by atoms with Gasteiger partial charge in [0, 0.05) is 34.0 Å². The summed E-state index contributed by atoms with van der Waals surface area (Å²) in [5.41, 5.74) is -1.28. The number of hydrogen-bond acceptors (Lipinski definition) is 5. The molecule has 1 saturated heterocycles. The van der Waals surface area contributed by atoms with Crippen molar-refractivity contribution in [2.45, 2.75) is 58.4 Å². The van der Waals surface area contributed by atoms with Gasteiger partial charge >= 0.3 is 6.09 Å². The minimum Gasteiger partial charge on any atom is -0.496 e. The number of nitrogens with zero attached hydrogens (tertiary/aromatic N) is 2. The van der Waals surface area contributed by atoms with Crippen LogP contribution in [-0.2, 0) is 10.4 Å². The molecule has 4 rings (SSSR count). The topological polar surface area (TPSA) is 63.7 Å². The number of hydrogen-bond donors (Lipinski definition) is 1. The second-order valence-corrected chi connectivity index (χ2v) is 10.6. The first-order valence-corrected chi connectivity index (χ1v) is 12.2. The molecule has 1 aliphatic heterocycles. The van der Waals surface area contributed by atoms with E-state index in [1.54, 1.807) is 52.8 Å². The first kappa shape index (κ1) is 27.5. The molecular formula is C28H31F4N3O3. The molecule has 2 aromatic carbocycles. The Labute approximate surface area is 218 Å². The molecule has 10 heteroatoms. The van der Waals surface area contributed by atoms with E-state index < -0.39 is 41.2 Å². The van der Waals surface area contributed by atoms with E-state index in [9.17, 15) is 18.0 Å². The van der Waals surface area contributed by atoms with Crippen LogP contribution in [0, 0.1) is 12.7 Å². The van der Waals surface area contributed by atoms with E-state index in [4.69, 9.17) is 9.47 Å². The van der Waals surface area contributed by atoms with Crippen LogP contribution in [0.15, 0.2) is 36.4 Å². The van der Waals surface area contributed by atoms with Crippen LogP contribution in [0.5, 0.6) is 5.75 Å². The van der Waals surface area contributed by atoms with Gasteiger partial charge in [0.2, 0.25) is 0 Å². The Morgan fingerprint density at radius 1 is 1.16 bits per heavy atom. The molecule has 1 aliphatic rings. The lowest BCUT2D eigenvalue weighted by Crippen LogP contribution is -2.59. The predicted octanol–water partition coefficient (Wildman–Crippen LogP) is 7.22. The number of methoxy groups -OCH3 is 1. The second-order valence-electron chi connectivity index (χ2n) is 10.6. The minimum atomic E-state index is -2.94. The molecule has 1 unspecified atom stereocenters. The van der Waals surface area contributed by atoms with E-state index in [1.807, 2.05) is 0 Å². The molecule has 0 bridgehead atoms. The normalized spacial score (nSPS) is 15.8. The van der Waals surface area contributed by atoms with Gasteiger partial charge < -0.3 is 19.7 Å². The Morgan fingerprint density at radius 2 is 1.82 bits per heavy atom. The van der Waals surface area contributed by atoms with Gasteiger partial charge in [0.05, 0.1) is 37.3 Å². The first-order valence-electron chi connectivity index (χ1n) is 12.2. The summed E-state index contributed by atoms with van der Waals surface area (Å²) in [5.74, 6) is -0.698. The summed E-state index contributed by atoms with van der Waals surface area (Å²) in [6, 6.07) is 8.14. The molecule has 2 heterocycles. The Hall–Kier alpha value is -3.56. The van der Waals surface area contributed by atoms with E-state index >= 15 is 4.39 Å². The van der Waals surface area contributed by atoms with Gasteiger partial charge in [-0.2, -0.15) is 0 Å². The molecule has 204 valence electrons. The summed E-state index contributed by atoms with van der Waals surface area (Å²) < 4.78 is 68.2. The fraction of sp³-hybridized carbons (Fsp3) is 0.429. The molecule has 0 saturated carbocycles. The number of benzene rings is 2. The Kier molecular flexibility index (Phi) is 7.20. The summed E-state index contributed by atoms with van der Waals surface area (Å²) >= 11 is 0. The van der Waals surface area contributed by atoms with E-state index in [0.717, 1.165) is 6.07 Å². The number of likely N-dealkylation sites (tertiary alicyclic amines) is 1. The number of pyridine rings is 1. The number of anilines is 1. The average molecular weight is 534 g/mol. The molecule has 38 heavy (non-hydrogen) atoms. The highest BCUT2D eigenvalue weighted by Gasteiger charge is 2.50. The van der Waals surface area contributed by atoms with E-state index in [2.05, 4.69) is 10.3 Å². The number of halogens is 4. The average Bonchev–Trinajstić information content (AvgIpc) is 2.79. The van der Waals surface area contributed by atoms with Crippen molar-refractivity contribution in [3.05, 3.63) is 64.6 Å². The highest BCUT2D eigenvalue weighted by Crippen LogP contribution is 2.44. The number of rotatable bonds is 6. The van der Waals surface area contributed by atoms with Crippen LogP contribution in [0.1, 0.15) is 62.5 Å². The van der Waals surface area contributed by atoms with Crippen molar-refractivity contribution < 1.29 is 31.8 Å². The summed E-state index contributed by atoms with van der Waals surface area (Å²) in [4.78, 5) is 18.2. The lowest BCUT2D eigenvalue weighted by atomic mass is 9.86. The third-order valence-electron chi connectivity index (χ3n) is 6.41. The maximum atomic E-state index is 16.1. The zero-order valence-electron chi connectivity index (χ0n) is 22.2. The van der Waals surface area contributed by atoms with Gasteiger partial charge in [0.25, 0.3) is 6.43 Å². The van der Waals surface area contributed by atoms with E-state index in [-0.39, 0.29) is 30.0 Å². The van der Waals surface area contributed by atoms with Crippen molar-refractivity contribution in [3.63, 3.8) is 0 Å². The van der Waals surface area contributed by atoms with Crippen LogP contribution in [-0.4, -0.2) is 41.8 Å². The number of carbonyl (C=O) groups excluding carboxylic acids is 1. The monoisotopic (exact) mass is 533 g/mol. The summed E-state index contributed by atoms with van der Waals surface area (Å²) in [7, 11) is 1.42. The summed E-state index contributed by atoms with van der Waals surface area (Å²) in [6.45, 7) is 8.21. The van der Waals surface area contributed by atoms with Gasteiger partial charge in [0.1, 0.15) is 17.2 Å². The highest BCUT2D eigenvalue weighted by molar-refractivity contribution is 5.93. The summed E-state index contributed by atoms with van der Waals surface area (Å²) in [6.07, 6.45) is -3.54. The number of ether oxygens (including phenoxy) is 2. The Morgan fingerprint density at radius 3 is 2.42 bits per heavy atom. The molecule has 0 aliphatic carbocycles. The molecule has 1 fully saturated rings. The van der Waals surface area contributed by atoms with Crippen LogP contribution in [0.4, 0.5) is 28.0 Å². The highest BCUT2D eigenvalue weighted by atomic mass is 19.3. The van der Waals surface area contributed by atoms with E-state index in [1.165, 1.54) is 24.1 Å². The third kappa shape index (κ3) is 5.35. The van der Waals surface area contributed by atoms with Gasteiger partial charge in [-0.3, -0.25) is 4.98 Å². The maximum Gasteiger partial charge on any atom is 0.410 e. The lowest BCUT2D eigenvalue weighted by Gasteiger charge is -2.45. The predicted molar refractivity (Wildman–Crippen MR) is 137 cm³/mol. The molecule has 1 aromatic heterocycles. The molecule has 3 aromatic rings. The number of aromatic nitrogens is 1. The van der Waals surface area contributed by atoms with Gasteiger partial charge in [-0.25, -0.2) is 22.4 Å². The van der Waals surface area contributed by atoms with Crippen molar-refractivity contribution in [1.29, 1.82) is 0 Å². The molecule has 6 nitrogen and oxygen atoms in total. The minimum absolute atomic E-state index is 0.0770. The van der Waals surface area contributed by atoms with Crippen molar-refractivity contribution in [2.75, 3.05) is 25.5 Å². The van der Waals surface area contributed by atoms with Crippen molar-refractivity contribution in [1.82, 2.24) is 9.88 Å². The second kappa shape index (κ2) is 9.96. The molecule has 0 radical (unpaired) electrons. The van der Waals surface area contributed by atoms with Gasteiger partial charge in [-0.15, -0.1) is 0 Å². The van der Waals surface area contributed by atoms with Crippen LogP contribution in [0.3, 0.4) is 0 Å². The number of amides is 1. The zero-order valence-corrected chi connectivity index (χ0v) is 22.2. The first-order chi connectivity index (χ1) is 17.7. The SMILES string of the molecule is COc1cc2nc(C)cc(NC(C)c3cccc(C(F)F)c3F)c2cc1C1(F)CN(C(=O)OC(C)(C)C)C1. The standard InChI is InChI=1S/C28H31F4N3O3/c1-15-10-21(34-16(2)17-8-7-9-18(24(17)29)25(30)31)19-11-20(23(37-6)12-22(19)33-15)28(32)13-35(14-28)26(36)38-27(3,4)5/h7-12,16,25H,13-14H2,1-6H3,(H,33,34). The molecular weight excluding hydrogens is 502 g/mol. The van der Waals surface area contributed by atoms with Gasteiger partial charge in [-0.1, -0.05) is 18.2 Å². The number of nitrogens with one attached hydrogen (secondary N) is 1. The molecule has 1 amide bonds. The third-order valence-corrected chi connectivity index (χ3v) is 6.41. The fourth-order valence-corrected chi connectivity index (χ4v) is 4.59. The number of aryl methyl sites for hydroxylation is 1. The zero-order chi connectivity index (χ0) is 28.0. The lowest BCUT2D eigenvalue weighted by molar-refractivity contribution is -0.0545. The largest absolute Gasteiger partial charge is 0.496 e. The number of carbonyl (C=O) groups is 1. The molecule has 0 spiro atoms. The van der Waals surface area contributed by atoms with Gasteiger partial charge in [0.15, 0.2) is 5.67 Å². The number of alkyl halides is 3. The quantitative estimate of drug-likeness (QED) is 0.339. The van der Waals surface area contributed by atoms with E-state index in [0.29, 0.717) is 22.3 Å². The summed E-state index contributed by atoms with van der Waals surface area (Å²) in [5, 5.41) is 3.72.